The van der Waals surface area contributed by atoms with Crippen LogP contribution in [0.2, 0.25) is 0 Å². The number of morpholine rings is 1. The first-order valence-corrected chi connectivity index (χ1v) is 30.1. The minimum atomic E-state index is -4.78. The van der Waals surface area contributed by atoms with E-state index in [0.717, 1.165) is 51.5 Å². The number of nitrogens with zero attached hydrogens (tertiary/aromatic N) is 17. The Morgan fingerprint density at radius 2 is 0.825 bits per heavy atom. The number of rotatable bonds is 17. The van der Waals surface area contributed by atoms with E-state index in [1.54, 1.807) is 42.2 Å². The van der Waals surface area contributed by atoms with Gasteiger partial charge in [0, 0.05) is 63.0 Å². The number of halogens is 12. The highest BCUT2D eigenvalue weighted by Gasteiger charge is 2.44. The van der Waals surface area contributed by atoms with Crippen molar-refractivity contribution in [2.45, 2.75) is 56.5 Å². The number of aryl methyl sites for hydroxylation is 2. The van der Waals surface area contributed by atoms with Crippen molar-refractivity contribution in [1.29, 1.82) is 0 Å². The third-order valence-electron chi connectivity index (χ3n) is 14.7. The molecule has 10 heterocycles. The van der Waals surface area contributed by atoms with Crippen molar-refractivity contribution in [1.82, 2.24) is 83.0 Å². The summed E-state index contributed by atoms with van der Waals surface area (Å²) in [6.45, 7) is 4.42. The Hall–Kier alpha value is -11.6. The second kappa shape index (κ2) is 31.1. The number of imidazole rings is 4. The molecule has 2 aliphatic rings. The van der Waals surface area contributed by atoms with E-state index in [1.165, 1.54) is 121 Å². The highest BCUT2D eigenvalue weighted by Crippen LogP contribution is 2.35. The van der Waals surface area contributed by atoms with Crippen LogP contribution in [-0.2, 0) is 30.1 Å². The third-order valence-corrected chi connectivity index (χ3v) is 14.7. The lowest BCUT2D eigenvalue weighted by atomic mass is 10.1. The fraction of sp³-hybridized carbons (Fsp3) is 0.279. The zero-order valence-corrected chi connectivity index (χ0v) is 53.0. The van der Waals surface area contributed by atoms with Crippen molar-refractivity contribution in [3.8, 4) is 23.0 Å². The van der Waals surface area contributed by atoms with Crippen LogP contribution in [0.15, 0.2) is 148 Å². The molecule has 542 valence electrons. The van der Waals surface area contributed by atoms with Gasteiger partial charge in [-0.15, -0.1) is 52.7 Å². The van der Waals surface area contributed by atoms with E-state index in [4.69, 9.17) is 9.47 Å². The molecule has 4 atom stereocenters. The molecule has 42 heteroatoms. The maximum atomic E-state index is 12.3. The predicted molar refractivity (Wildman–Crippen MR) is 339 cm³/mol. The van der Waals surface area contributed by atoms with Crippen LogP contribution >= 0.6 is 0 Å². The molecule has 0 saturated carbocycles. The lowest BCUT2D eigenvalue weighted by Crippen LogP contribution is -2.38. The smallest absolute Gasteiger partial charge is 0.406 e. The van der Waals surface area contributed by atoms with Gasteiger partial charge in [0.1, 0.15) is 72.1 Å². The maximum Gasteiger partial charge on any atom is 0.573 e. The second-order valence-electron chi connectivity index (χ2n) is 21.9. The van der Waals surface area contributed by atoms with Crippen molar-refractivity contribution in [3.05, 3.63) is 148 Å². The summed E-state index contributed by atoms with van der Waals surface area (Å²) in [6, 6.07) is 21.2. The molecule has 2 saturated heterocycles. The summed E-state index contributed by atoms with van der Waals surface area (Å²) in [5.41, 5.74) is 6.39. The summed E-state index contributed by atoms with van der Waals surface area (Å²) in [6.07, 6.45) is -11.8. The zero-order valence-electron chi connectivity index (χ0n) is 53.0. The summed E-state index contributed by atoms with van der Waals surface area (Å²) in [7, 11) is 3.60. The highest BCUT2D eigenvalue weighted by atomic mass is 19.4. The van der Waals surface area contributed by atoms with Gasteiger partial charge in [-0.1, -0.05) is 0 Å². The Bertz CT molecular complexity index is 4770. The van der Waals surface area contributed by atoms with Crippen molar-refractivity contribution < 1.29 is 96.4 Å². The Balaban J connectivity index is 0.000000139. The molecular formula is C61H55F12N21O9. The van der Waals surface area contributed by atoms with Gasteiger partial charge >= 0.3 is 25.4 Å². The van der Waals surface area contributed by atoms with Crippen LogP contribution in [0.5, 0.6) is 23.0 Å². The normalized spacial score (nSPS) is 16.4. The van der Waals surface area contributed by atoms with Gasteiger partial charge in [-0.3, -0.25) is 9.47 Å². The first-order chi connectivity index (χ1) is 49.1. The maximum absolute atomic E-state index is 12.3. The first kappa shape index (κ1) is 72.6. The number of ether oxygens (including phenoxy) is 6. The molecule has 4 aromatic carbocycles. The lowest BCUT2D eigenvalue weighted by molar-refractivity contribution is -0.275. The third kappa shape index (κ3) is 19.3. The van der Waals surface area contributed by atoms with Crippen LogP contribution in [0.4, 0.5) is 98.7 Å². The van der Waals surface area contributed by atoms with E-state index in [2.05, 4.69) is 105 Å². The Labute approximate surface area is 570 Å². The molecule has 2 fully saturated rings. The van der Waals surface area contributed by atoms with E-state index in [-0.39, 0.29) is 34.5 Å². The summed E-state index contributed by atoms with van der Waals surface area (Å²) in [5, 5.41) is 41.4. The van der Waals surface area contributed by atoms with E-state index in [1.807, 2.05) is 4.57 Å². The Morgan fingerprint density at radius 1 is 0.437 bits per heavy atom. The van der Waals surface area contributed by atoms with E-state index >= 15 is 0 Å². The molecule has 0 spiro atoms. The van der Waals surface area contributed by atoms with Gasteiger partial charge in [0.25, 0.3) is 0 Å². The molecule has 4 unspecified atom stereocenters. The quantitative estimate of drug-likeness (QED) is 0.0417. The Morgan fingerprint density at radius 3 is 1.28 bits per heavy atom. The molecule has 0 amide bonds. The summed E-state index contributed by atoms with van der Waals surface area (Å²) >= 11 is 0. The summed E-state index contributed by atoms with van der Waals surface area (Å²) in [5.74, 6) is 0.483. The molecule has 30 nitrogen and oxygen atoms in total. The van der Waals surface area contributed by atoms with Gasteiger partial charge in [0.15, 0.2) is 68.6 Å². The largest absolute Gasteiger partial charge is 0.573 e. The SMILES string of the molecule is Cn1cnc2c(Nc3ccc(OC(F)(F)F)cc3)ncnc21.Cn1cnc2ncnc(Nc3ccc(OC(F)(F)F)cc3)c21.FC(F)(F)Oc1ccc(Nc2ncnc3c2ncn3CCN2CCOCC2)cc1.OCC1OC(n2cnc3c(Nc4ccc(OC(F)(F)F)cc4)ncnc32)C(O)C1O. The van der Waals surface area contributed by atoms with Crippen LogP contribution in [0, 0.1) is 0 Å². The molecule has 14 rings (SSSR count). The van der Waals surface area contributed by atoms with Crippen molar-refractivity contribution in [3.63, 3.8) is 0 Å². The molecule has 12 aromatic rings. The minimum Gasteiger partial charge on any atom is -0.406 e. The molecule has 103 heavy (non-hydrogen) atoms. The number of anilines is 8. The van der Waals surface area contributed by atoms with Crippen molar-refractivity contribution in [2.75, 3.05) is 60.7 Å². The first-order valence-electron chi connectivity index (χ1n) is 30.1. The van der Waals surface area contributed by atoms with E-state index in [0.29, 0.717) is 79.2 Å². The minimum absolute atomic E-state index is 0.259. The topological polar surface area (TPSA) is 342 Å². The molecule has 7 N–H and O–H groups in total. The molecule has 2 aliphatic heterocycles. The number of nitrogens with one attached hydrogen (secondary N) is 4. The fourth-order valence-corrected chi connectivity index (χ4v) is 10.1. The number of benzene rings is 4. The monoisotopic (exact) mass is 1450 g/mol. The number of hydrogen-bond acceptors (Lipinski definition) is 26. The molecule has 0 radical (unpaired) electrons. The second-order valence-corrected chi connectivity index (χ2v) is 21.9. The fourth-order valence-electron chi connectivity index (χ4n) is 10.1. The van der Waals surface area contributed by atoms with Gasteiger partial charge < -0.3 is 78.7 Å². The van der Waals surface area contributed by atoms with Crippen LogP contribution in [0.3, 0.4) is 0 Å². The van der Waals surface area contributed by atoms with Crippen molar-refractivity contribution >= 4 is 90.7 Å². The molecule has 0 aliphatic carbocycles. The Kier molecular flexibility index (Phi) is 21.9. The zero-order chi connectivity index (χ0) is 73.2. The van der Waals surface area contributed by atoms with Gasteiger partial charge in [-0.05, 0) is 97.1 Å². The standard InChI is InChI=1S/C18H19F3N6O2.C17H16F3N5O5.2C13H10F3N5O/c19-18(20,21)29-14-3-1-13(2-4-14)25-16-15-17(23-11-22-16)27(12-24-15)6-5-26-7-9-28-10-8-26;18-17(19,20)30-9-3-1-8(2-4-9)24-14-11-15(22-6-21-14)25(7-23-11)16-13(28)12(27)10(5-26)29-16;1-21-7-19-11-10(21)12(18-6-17-11)20-8-2-4-9(5-3-8)22-13(14,15)16;1-21-7-19-10-11(17-6-18-12(10)21)20-8-2-4-9(5-3-8)22-13(14,15)16/h1-4,11-12H,5-10H2,(H,22,23,25);1-4,6-7,10,12-13,16,26-28H,5H2,(H,21,22,24);2*2-7H,1H3,(H,17,18,20). The van der Waals surface area contributed by atoms with E-state index in [9.17, 15) is 68.0 Å². The van der Waals surface area contributed by atoms with Crippen LogP contribution in [0.25, 0.3) is 44.7 Å². The number of aliphatic hydroxyl groups excluding tert-OH is 3. The lowest BCUT2D eigenvalue weighted by Gasteiger charge is -2.26. The number of aromatic nitrogens is 16. The van der Waals surface area contributed by atoms with Crippen molar-refractivity contribution in [2.24, 2.45) is 14.1 Å². The van der Waals surface area contributed by atoms with Gasteiger partial charge in [-0.25, -0.2) is 59.8 Å². The van der Waals surface area contributed by atoms with Crippen LogP contribution in [-0.4, -0.2) is 182 Å². The number of aliphatic hydroxyl groups is 3. The predicted octanol–water partition coefficient (Wildman–Crippen LogP) is 9.89. The van der Waals surface area contributed by atoms with Gasteiger partial charge in [0.2, 0.25) is 0 Å². The van der Waals surface area contributed by atoms with Gasteiger partial charge in [0.05, 0.1) is 45.1 Å². The molecular weight excluding hydrogens is 1400 g/mol. The number of fused-ring (bicyclic) bond motifs is 4. The summed E-state index contributed by atoms with van der Waals surface area (Å²) in [4.78, 5) is 52.3. The van der Waals surface area contributed by atoms with Gasteiger partial charge in [-0.2, -0.15) is 0 Å². The summed E-state index contributed by atoms with van der Waals surface area (Å²) < 4.78 is 179. The average Bonchev–Trinajstić information content (AvgIpc) is 1.63. The van der Waals surface area contributed by atoms with E-state index < -0.39 is 56.6 Å². The number of hydrogen-bond donors (Lipinski definition) is 7. The molecule has 0 bridgehead atoms. The number of alkyl halides is 12. The van der Waals surface area contributed by atoms with Crippen LogP contribution in [0.1, 0.15) is 6.23 Å². The average molecular weight is 1450 g/mol. The van der Waals surface area contributed by atoms with Crippen LogP contribution < -0.4 is 40.2 Å². The highest BCUT2D eigenvalue weighted by molar-refractivity contribution is 5.88. The molecule has 8 aromatic heterocycles.